The summed E-state index contributed by atoms with van der Waals surface area (Å²) in [7, 11) is 0. The van der Waals surface area contributed by atoms with Crippen LogP contribution in [-0.4, -0.2) is 22.0 Å². The predicted octanol–water partition coefficient (Wildman–Crippen LogP) is 3.69. The van der Waals surface area contributed by atoms with Crippen molar-refractivity contribution in [2.45, 2.75) is 13.0 Å². The number of carbonyl (C=O) groups excluding carboxylic acids is 1. The summed E-state index contributed by atoms with van der Waals surface area (Å²) in [6.45, 7) is 4.74. The highest BCUT2D eigenvalue weighted by Gasteiger charge is 2.11. The number of nitrogens with zero attached hydrogens (tertiary/aromatic N) is 2. The molecule has 1 aromatic heterocycles. The third-order valence-corrected chi connectivity index (χ3v) is 4.29. The van der Waals surface area contributed by atoms with Gasteiger partial charge in [-0.1, -0.05) is 46.8 Å². The van der Waals surface area contributed by atoms with Crippen LogP contribution in [0, 0.1) is 0 Å². The summed E-state index contributed by atoms with van der Waals surface area (Å²) in [5, 5.41) is 2.81. The molecular weight excluding hydrogens is 366 g/mol. The maximum Gasteiger partial charge on any atom is 0.243 e. The number of hydrogen-bond acceptors (Lipinski definition) is 2. The largest absolute Gasteiger partial charge is 0.352 e. The van der Waals surface area contributed by atoms with Crippen molar-refractivity contribution in [1.29, 1.82) is 0 Å². The lowest BCUT2D eigenvalue weighted by Crippen LogP contribution is -2.24. The van der Waals surface area contributed by atoms with Crippen LogP contribution in [0.25, 0.3) is 11.0 Å². The van der Waals surface area contributed by atoms with Gasteiger partial charge in [0, 0.05) is 24.0 Å². The van der Waals surface area contributed by atoms with E-state index in [0.717, 1.165) is 27.9 Å². The van der Waals surface area contributed by atoms with Crippen molar-refractivity contribution in [2.24, 2.45) is 0 Å². The summed E-state index contributed by atoms with van der Waals surface area (Å²) >= 11 is 3.52. The van der Waals surface area contributed by atoms with E-state index in [4.69, 9.17) is 4.98 Å². The van der Waals surface area contributed by atoms with E-state index < -0.39 is 0 Å². The van der Waals surface area contributed by atoms with Crippen LogP contribution in [0.2, 0.25) is 0 Å². The number of amides is 1. The number of imidazole rings is 1. The Hall–Kier alpha value is -2.40. The molecule has 5 heteroatoms. The standard InChI is InChI=1S/C19H18BrN3O/c1-2-19(24)21-11-10-18-22-16-8-3-4-9-17(16)23(18)13-14-6-5-7-15(20)12-14/h2-9,12H,1,10-11,13H2,(H,21,24). The lowest BCUT2D eigenvalue weighted by Gasteiger charge is -2.10. The molecule has 1 N–H and O–H groups in total. The minimum Gasteiger partial charge on any atom is -0.352 e. The van der Waals surface area contributed by atoms with Crippen LogP contribution in [0.15, 0.2) is 65.7 Å². The molecule has 0 aliphatic rings. The summed E-state index contributed by atoms with van der Waals surface area (Å²) in [6.07, 6.45) is 1.95. The average molecular weight is 384 g/mol. The van der Waals surface area contributed by atoms with Gasteiger partial charge in [0.1, 0.15) is 5.82 Å². The minimum absolute atomic E-state index is 0.162. The molecule has 3 aromatic rings. The fraction of sp³-hybridized carbons (Fsp3) is 0.158. The van der Waals surface area contributed by atoms with Crippen molar-refractivity contribution >= 4 is 32.9 Å². The van der Waals surface area contributed by atoms with Crippen LogP contribution in [0.4, 0.5) is 0 Å². The number of nitrogens with one attached hydrogen (secondary N) is 1. The molecule has 3 rings (SSSR count). The topological polar surface area (TPSA) is 46.9 Å². The van der Waals surface area contributed by atoms with Gasteiger partial charge in [0.05, 0.1) is 11.0 Å². The number of rotatable bonds is 6. The van der Waals surface area contributed by atoms with E-state index in [1.165, 1.54) is 11.6 Å². The highest BCUT2D eigenvalue weighted by molar-refractivity contribution is 9.10. The summed E-state index contributed by atoms with van der Waals surface area (Å²) < 4.78 is 3.26. The van der Waals surface area contributed by atoms with E-state index in [1.807, 2.05) is 30.3 Å². The molecule has 122 valence electrons. The molecule has 4 nitrogen and oxygen atoms in total. The molecule has 0 saturated heterocycles. The Morgan fingerprint density at radius 1 is 1.25 bits per heavy atom. The molecule has 0 fully saturated rings. The maximum atomic E-state index is 11.3. The SMILES string of the molecule is C=CC(=O)NCCc1nc2ccccc2n1Cc1cccc(Br)c1. The second kappa shape index (κ2) is 7.45. The van der Waals surface area contributed by atoms with Gasteiger partial charge >= 0.3 is 0 Å². The van der Waals surface area contributed by atoms with Gasteiger partial charge in [-0.3, -0.25) is 4.79 Å². The Balaban J connectivity index is 1.90. The normalized spacial score (nSPS) is 10.7. The first-order chi connectivity index (χ1) is 11.7. The lowest BCUT2D eigenvalue weighted by atomic mass is 10.2. The maximum absolute atomic E-state index is 11.3. The highest BCUT2D eigenvalue weighted by Crippen LogP contribution is 2.20. The van der Waals surface area contributed by atoms with Crippen LogP contribution in [-0.2, 0) is 17.8 Å². The number of hydrogen-bond donors (Lipinski definition) is 1. The van der Waals surface area contributed by atoms with Crippen LogP contribution in [0.5, 0.6) is 0 Å². The van der Waals surface area contributed by atoms with Gasteiger partial charge < -0.3 is 9.88 Å². The van der Waals surface area contributed by atoms with Crippen molar-refractivity contribution in [3.8, 4) is 0 Å². The Morgan fingerprint density at radius 2 is 2.08 bits per heavy atom. The molecule has 0 aliphatic heterocycles. The van der Waals surface area contributed by atoms with Gasteiger partial charge in [-0.2, -0.15) is 0 Å². The second-order valence-electron chi connectivity index (χ2n) is 5.48. The van der Waals surface area contributed by atoms with Gasteiger partial charge in [-0.25, -0.2) is 4.98 Å². The van der Waals surface area contributed by atoms with E-state index in [-0.39, 0.29) is 5.91 Å². The molecule has 2 aromatic carbocycles. The molecule has 0 bridgehead atoms. The molecular formula is C19H18BrN3O. The van der Waals surface area contributed by atoms with Crippen LogP contribution >= 0.6 is 15.9 Å². The van der Waals surface area contributed by atoms with Crippen molar-refractivity contribution < 1.29 is 4.79 Å². The fourth-order valence-corrected chi connectivity index (χ4v) is 3.13. The number of para-hydroxylation sites is 2. The zero-order valence-corrected chi connectivity index (χ0v) is 14.8. The van der Waals surface area contributed by atoms with Crippen molar-refractivity contribution in [3.05, 3.63) is 77.0 Å². The summed E-state index contributed by atoms with van der Waals surface area (Å²) in [6, 6.07) is 16.3. The predicted molar refractivity (Wildman–Crippen MR) is 99.9 cm³/mol. The van der Waals surface area contributed by atoms with Gasteiger partial charge in [0.2, 0.25) is 5.91 Å². The Kier molecular flexibility index (Phi) is 5.11. The smallest absolute Gasteiger partial charge is 0.243 e. The zero-order chi connectivity index (χ0) is 16.9. The van der Waals surface area contributed by atoms with Crippen molar-refractivity contribution in [2.75, 3.05) is 6.54 Å². The molecule has 0 aliphatic carbocycles. The van der Waals surface area contributed by atoms with Gasteiger partial charge in [0.25, 0.3) is 0 Å². The molecule has 0 radical (unpaired) electrons. The van der Waals surface area contributed by atoms with E-state index in [1.54, 1.807) is 0 Å². The van der Waals surface area contributed by atoms with Crippen molar-refractivity contribution in [1.82, 2.24) is 14.9 Å². The quantitative estimate of drug-likeness (QED) is 0.659. The summed E-state index contributed by atoms with van der Waals surface area (Å²) in [4.78, 5) is 16.1. The monoisotopic (exact) mass is 383 g/mol. The first-order valence-corrected chi connectivity index (χ1v) is 8.55. The first-order valence-electron chi connectivity index (χ1n) is 7.76. The number of benzene rings is 2. The van der Waals surface area contributed by atoms with E-state index in [9.17, 15) is 4.79 Å². The molecule has 0 saturated carbocycles. The highest BCUT2D eigenvalue weighted by atomic mass is 79.9. The van der Waals surface area contributed by atoms with E-state index >= 15 is 0 Å². The number of fused-ring (bicyclic) bond motifs is 1. The number of carbonyl (C=O) groups is 1. The van der Waals surface area contributed by atoms with Crippen LogP contribution in [0.3, 0.4) is 0 Å². The third kappa shape index (κ3) is 3.74. The van der Waals surface area contributed by atoms with Gasteiger partial charge in [-0.05, 0) is 35.9 Å². The third-order valence-electron chi connectivity index (χ3n) is 3.80. The molecule has 0 unspecified atom stereocenters. The summed E-state index contributed by atoms with van der Waals surface area (Å²) in [5.41, 5.74) is 3.27. The number of halogens is 1. The molecule has 1 amide bonds. The van der Waals surface area contributed by atoms with Crippen molar-refractivity contribution in [3.63, 3.8) is 0 Å². The molecule has 24 heavy (non-hydrogen) atoms. The van der Waals surface area contributed by atoms with Crippen LogP contribution < -0.4 is 5.32 Å². The van der Waals surface area contributed by atoms with Gasteiger partial charge in [-0.15, -0.1) is 0 Å². The zero-order valence-electron chi connectivity index (χ0n) is 13.2. The summed E-state index contributed by atoms with van der Waals surface area (Å²) in [5.74, 6) is 0.796. The van der Waals surface area contributed by atoms with E-state index in [0.29, 0.717) is 13.0 Å². The average Bonchev–Trinajstić information content (AvgIpc) is 2.92. The van der Waals surface area contributed by atoms with Gasteiger partial charge in [0.15, 0.2) is 0 Å². The lowest BCUT2D eigenvalue weighted by molar-refractivity contribution is -0.116. The Morgan fingerprint density at radius 3 is 2.88 bits per heavy atom. The second-order valence-corrected chi connectivity index (χ2v) is 6.39. The van der Waals surface area contributed by atoms with Crippen LogP contribution in [0.1, 0.15) is 11.4 Å². The molecule has 0 atom stereocenters. The van der Waals surface area contributed by atoms with E-state index in [2.05, 4.69) is 50.6 Å². The molecule has 0 spiro atoms. The Labute approximate surface area is 149 Å². The molecule has 1 heterocycles. The number of aromatic nitrogens is 2. The first kappa shape index (κ1) is 16.5. The minimum atomic E-state index is -0.162. The Bertz CT molecular complexity index is 885. The fourth-order valence-electron chi connectivity index (χ4n) is 2.68.